The van der Waals surface area contributed by atoms with Crippen molar-refractivity contribution in [2.24, 2.45) is 0 Å². The summed E-state index contributed by atoms with van der Waals surface area (Å²) in [6, 6.07) is 16.9. The number of carbonyl (C=O) groups is 1. The number of fused-ring (bicyclic) bond motifs is 1. The fraction of sp³-hybridized carbons (Fsp3) is 0.0909. The molecule has 5 aromatic rings. The van der Waals surface area contributed by atoms with E-state index in [9.17, 15) is 4.79 Å². The van der Waals surface area contributed by atoms with Gasteiger partial charge in [0.25, 0.3) is 11.6 Å². The van der Waals surface area contributed by atoms with E-state index in [1.165, 1.54) is 6.33 Å². The lowest BCUT2D eigenvalue weighted by Gasteiger charge is -2.11. The monoisotopic (exact) mass is 411 g/mol. The van der Waals surface area contributed by atoms with E-state index >= 15 is 0 Å². The van der Waals surface area contributed by atoms with Crippen LogP contribution in [0.5, 0.6) is 0 Å². The van der Waals surface area contributed by atoms with Gasteiger partial charge in [-0.2, -0.15) is 0 Å². The first kappa shape index (κ1) is 18.6. The summed E-state index contributed by atoms with van der Waals surface area (Å²) >= 11 is 0. The van der Waals surface area contributed by atoms with Crippen molar-refractivity contribution in [1.82, 2.24) is 30.3 Å². The highest BCUT2D eigenvalue weighted by Gasteiger charge is 2.20. The molecule has 0 saturated heterocycles. The van der Waals surface area contributed by atoms with Crippen molar-refractivity contribution in [2.45, 2.75) is 13.8 Å². The summed E-state index contributed by atoms with van der Waals surface area (Å²) < 4.78 is 6.92. The molecule has 9 heteroatoms. The lowest BCUT2D eigenvalue weighted by molar-refractivity contribution is 0.102. The summed E-state index contributed by atoms with van der Waals surface area (Å²) in [5, 5.41) is 18.8. The maximum Gasteiger partial charge on any atom is 0.259 e. The molecule has 0 aliphatic carbocycles. The largest absolute Gasteiger partial charge is 0.335 e. The number of carbonyl (C=O) groups excluding carboxylic acids is 1. The first-order valence-corrected chi connectivity index (χ1v) is 9.58. The summed E-state index contributed by atoms with van der Waals surface area (Å²) in [5.74, 6) is -0.289. The Morgan fingerprint density at radius 3 is 2.68 bits per heavy atom. The van der Waals surface area contributed by atoms with Gasteiger partial charge < -0.3 is 9.84 Å². The smallest absolute Gasteiger partial charge is 0.259 e. The van der Waals surface area contributed by atoms with E-state index in [0.717, 1.165) is 16.8 Å². The molecule has 0 bridgehead atoms. The molecule has 5 rings (SSSR count). The van der Waals surface area contributed by atoms with Crippen LogP contribution in [-0.4, -0.2) is 36.3 Å². The van der Waals surface area contributed by atoms with Gasteiger partial charge in [0.1, 0.15) is 6.33 Å². The summed E-state index contributed by atoms with van der Waals surface area (Å²) in [7, 11) is 0. The molecule has 0 aliphatic heterocycles. The van der Waals surface area contributed by atoms with E-state index in [2.05, 4.69) is 31.0 Å². The Morgan fingerprint density at radius 2 is 1.90 bits per heavy atom. The Hall–Kier alpha value is -4.40. The number of pyridine rings is 1. The van der Waals surface area contributed by atoms with Crippen LogP contribution < -0.4 is 5.32 Å². The molecule has 0 saturated carbocycles. The summed E-state index contributed by atoms with van der Waals surface area (Å²) in [4.78, 5) is 17.8. The fourth-order valence-corrected chi connectivity index (χ4v) is 3.43. The van der Waals surface area contributed by atoms with Gasteiger partial charge in [0, 0.05) is 11.3 Å². The number of aromatic nitrogens is 6. The predicted octanol–water partition coefficient (Wildman–Crippen LogP) is 3.73. The van der Waals surface area contributed by atoms with Crippen LogP contribution in [-0.2, 0) is 0 Å². The molecule has 1 amide bonds. The molecule has 0 fully saturated rings. The molecular formula is C22H17N7O2. The van der Waals surface area contributed by atoms with E-state index in [0.29, 0.717) is 33.7 Å². The van der Waals surface area contributed by atoms with Crippen molar-refractivity contribution in [2.75, 3.05) is 5.32 Å². The summed E-state index contributed by atoms with van der Waals surface area (Å²) in [5.41, 5.74) is 5.23. The number of tetrazole rings is 1. The van der Waals surface area contributed by atoms with Crippen LogP contribution in [0.2, 0.25) is 0 Å². The Bertz CT molecular complexity index is 1390. The third-order valence-corrected chi connectivity index (χ3v) is 4.99. The van der Waals surface area contributed by atoms with Crippen LogP contribution in [0.4, 0.5) is 5.69 Å². The minimum absolute atomic E-state index is 0.289. The predicted molar refractivity (Wildman–Crippen MR) is 114 cm³/mol. The van der Waals surface area contributed by atoms with E-state index in [4.69, 9.17) is 4.52 Å². The summed E-state index contributed by atoms with van der Waals surface area (Å²) in [6.45, 7) is 3.73. The second kappa shape index (κ2) is 7.45. The maximum atomic E-state index is 13.3. The Kier molecular flexibility index (Phi) is 4.47. The molecular weight excluding hydrogens is 394 g/mol. The second-order valence-electron chi connectivity index (χ2n) is 7.08. The molecule has 3 aromatic heterocycles. The normalized spacial score (nSPS) is 11.0. The molecule has 9 nitrogen and oxygen atoms in total. The van der Waals surface area contributed by atoms with E-state index in [1.54, 1.807) is 17.7 Å². The van der Waals surface area contributed by atoms with E-state index < -0.39 is 0 Å². The van der Waals surface area contributed by atoms with Crippen molar-refractivity contribution < 1.29 is 9.32 Å². The number of amides is 1. The molecule has 1 N–H and O–H groups in total. The van der Waals surface area contributed by atoms with Gasteiger partial charge in [-0.25, -0.2) is 9.67 Å². The molecule has 152 valence electrons. The number of rotatable bonds is 4. The first-order chi connectivity index (χ1) is 15.1. The first-order valence-electron chi connectivity index (χ1n) is 9.58. The van der Waals surface area contributed by atoms with Crippen LogP contribution >= 0.6 is 0 Å². The third kappa shape index (κ3) is 3.42. The topological polar surface area (TPSA) is 112 Å². The lowest BCUT2D eigenvalue weighted by Crippen LogP contribution is -2.13. The van der Waals surface area contributed by atoms with Crippen molar-refractivity contribution in [3.05, 3.63) is 77.7 Å². The van der Waals surface area contributed by atoms with Crippen LogP contribution in [0, 0.1) is 13.8 Å². The minimum atomic E-state index is -0.289. The van der Waals surface area contributed by atoms with Gasteiger partial charge in [-0.05, 0) is 48.0 Å². The van der Waals surface area contributed by atoms with Gasteiger partial charge in [0.2, 0.25) is 0 Å². The number of aryl methyl sites for hydroxylation is 2. The van der Waals surface area contributed by atoms with Crippen molar-refractivity contribution in [3.63, 3.8) is 0 Å². The van der Waals surface area contributed by atoms with Gasteiger partial charge in [-0.15, -0.1) is 5.10 Å². The number of hydrogen-bond donors (Lipinski definition) is 1. The molecule has 0 spiro atoms. The number of anilines is 1. The average Bonchev–Trinajstić information content (AvgIpc) is 3.45. The SMILES string of the molecule is Cc1ccc(NC(=O)c2cc(-c3ccccc3)nc3onc(C)c23)cc1-n1cnnn1. The second-order valence-corrected chi connectivity index (χ2v) is 7.08. The molecule has 3 heterocycles. The van der Waals surface area contributed by atoms with Crippen LogP contribution in [0.15, 0.2) is 65.4 Å². The Labute approximate surface area is 176 Å². The zero-order valence-electron chi connectivity index (χ0n) is 16.8. The van der Waals surface area contributed by atoms with Crippen molar-refractivity contribution >= 4 is 22.7 Å². The van der Waals surface area contributed by atoms with Gasteiger partial charge >= 0.3 is 0 Å². The van der Waals surface area contributed by atoms with Gasteiger partial charge in [0.15, 0.2) is 0 Å². The molecule has 31 heavy (non-hydrogen) atoms. The van der Waals surface area contributed by atoms with E-state index in [1.807, 2.05) is 55.5 Å². The zero-order valence-corrected chi connectivity index (χ0v) is 16.8. The summed E-state index contributed by atoms with van der Waals surface area (Å²) in [6.07, 6.45) is 1.51. The Morgan fingerprint density at radius 1 is 1.06 bits per heavy atom. The third-order valence-electron chi connectivity index (χ3n) is 4.99. The van der Waals surface area contributed by atoms with E-state index in [-0.39, 0.29) is 5.91 Å². The maximum absolute atomic E-state index is 13.3. The number of benzene rings is 2. The van der Waals surface area contributed by atoms with Gasteiger partial charge in [-0.1, -0.05) is 41.6 Å². The standard InChI is InChI=1S/C22H17N7O2/c1-13-8-9-16(10-19(13)29-12-23-27-28-29)24-21(30)17-11-18(15-6-4-3-5-7-15)25-22-20(17)14(2)26-31-22/h3-12H,1-2H3,(H,24,30). The Balaban J connectivity index is 1.56. The van der Waals surface area contributed by atoms with Gasteiger partial charge in [-0.3, -0.25) is 4.79 Å². The van der Waals surface area contributed by atoms with Crippen molar-refractivity contribution in [3.8, 4) is 16.9 Å². The lowest BCUT2D eigenvalue weighted by atomic mass is 10.0. The zero-order chi connectivity index (χ0) is 21.4. The molecule has 0 atom stereocenters. The van der Waals surface area contributed by atoms with Crippen LogP contribution in [0.1, 0.15) is 21.6 Å². The van der Waals surface area contributed by atoms with Crippen LogP contribution in [0.25, 0.3) is 28.0 Å². The highest BCUT2D eigenvalue weighted by atomic mass is 16.5. The fourth-order valence-electron chi connectivity index (χ4n) is 3.43. The average molecular weight is 411 g/mol. The highest BCUT2D eigenvalue weighted by Crippen LogP contribution is 2.28. The number of nitrogens with one attached hydrogen (secondary N) is 1. The number of hydrogen-bond acceptors (Lipinski definition) is 7. The number of nitrogens with zero attached hydrogens (tertiary/aromatic N) is 6. The molecule has 0 aliphatic rings. The minimum Gasteiger partial charge on any atom is -0.335 e. The molecule has 0 radical (unpaired) electrons. The van der Waals surface area contributed by atoms with Gasteiger partial charge in [0.05, 0.1) is 28.0 Å². The van der Waals surface area contributed by atoms with Crippen molar-refractivity contribution in [1.29, 1.82) is 0 Å². The quantitative estimate of drug-likeness (QED) is 0.479. The highest BCUT2D eigenvalue weighted by molar-refractivity contribution is 6.13. The molecule has 2 aromatic carbocycles. The van der Waals surface area contributed by atoms with Crippen LogP contribution in [0.3, 0.4) is 0 Å². The molecule has 0 unspecified atom stereocenters.